The maximum Gasteiger partial charge on any atom is 0.119 e. The molecular formula is C23H28N2O2. The predicted octanol–water partition coefficient (Wildman–Crippen LogP) is 4.57. The van der Waals surface area contributed by atoms with Crippen molar-refractivity contribution >= 4 is 10.9 Å². The number of hydrogen-bond acceptors (Lipinski definition) is 3. The van der Waals surface area contributed by atoms with Gasteiger partial charge in [-0.2, -0.15) is 0 Å². The number of aromatic nitrogens is 1. The van der Waals surface area contributed by atoms with E-state index in [0.29, 0.717) is 5.75 Å². The Labute approximate surface area is 161 Å². The first-order chi connectivity index (χ1) is 13.2. The van der Waals surface area contributed by atoms with E-state index in [2.05, 4.69) is 46.9 Å². The monoisotopic (exact) mass is 364 g/mol. The predicted molar refractivity (Wildman–Crippen MR) is 110 cm³/mol. The largest absolute Gasteiger partial charge is 0.508 e. The molecular weight excluding hydrogens is 336 g/mol. The number of likely N-dealkylation sites (tertiary alicyclic amines) is 1. The minimum absolute atomic E-state index is 0.314. The van der Waals surface area contributed by atoms with Crippen molar-refractivity contribution in [3.63, 3.8) is 0 Å². The first-order valence-corrected chi connectivity index (χ1v) is 9.91. The molecule has 0 aliphatic carbocycles. The number of phenols is 1. The third-order valence-electron chi connectivity index (χ3n) is 5.47. The van der Waals surface area contributed by atoms with Crippen LogP contribution in [0.15, 0.2) is 48.7 Å². The molecule has 0 atom stereocenters. The Hall–Kier alpha value is -2.46. The van der Waals surface area contributed by atoms with Crippen molar-refractivity contribution < 1.29 is 9.84 Å². The minimum Gasteiger partial charge on any atom is -0.508 e. The highest BCUT2D eigenvalue weighted by Crippen LogP contribution is 2.26. The van der Waals surface area contributed by atoms with Gasteiger partial charge in [0.15, 0.2) is 0 Å². The molecule has 27 heavy (non-hydrogen) atoms. The van der Waals surface area contributed by atoms with E-state index in [1.165, 1.54) is 43.5 Å². The van der Waals surface area contributed by atoms with Gasteiger partial charge in [0.25, 0.3) is 0 Å². The third-order valence-corrected chi connectivity index (χ3v) is 5.47. The second-order valence-corrected chi connectivity index (χ2v) is 7.54. The summed E-state index contributed by atoms with van der Waals surface area (Å²) in [6.45, 7) is 7.09. The zero-order chi connectivity index (χ0) is 18.6. The molecule has 0 radical (unpaired) electrons. The van der Waals surface area contributed by atoms with Crippen LogP contribution >= 0.6 is 0 Å². The number of aryl methyl sites for hydroxylation is 1. The molecule has 1 fully saturated rings. The van der Waals surface area contributed by atoms with Crippen molar-refractivity contribution in [1.29, 1.82) is 0 Å². The second kappa shape index (κ2) is 8.05. The molecule has 1 aliphatic heterocycles. The van der Waals surface area contributed by atoms with E-state index < -0.39 is 0 Å². The number of nitrogens with zero attached hydrogens (tertiary/aromatic N) is 2. The smallest absolute Gasteiger partial charge is 0.119 e. The summed E-state index contributed by atoms with van der Waals surface area (Å²) < 4.78 is 8.16. The number of hydrogen-bond donors (Lipinski definition) is 1. The van der Waals surface area contributed by atoms with Crippen LogP contribution in [0.4, 0.5) is 0 Å². The molecule has 3 aromatic rings. The van der Waals surface area contributed by atoms with Gasteiger partial charge >= 0.3 is 0 Å². The number of aromatic hydroxyl groups is 1. The van der Waals surface area contributed by atoms with Gasteiger partial charge < -0.3 is 14.4 Å². The Balaban J connectivity index is 1.36. The van der Waals surface area contributed by atoms with Crippen LogP contribution in [0.5, 0.6) is 11.5 Å². The molecule has 1 saturated heterocycles. The molecule has 0 unspecified atom stereocenters. The zero-order valence-corrected chi connectivity index (χ0v) is 16.0. The summed E-state index contributed by atoms with van der Waals surface area (Å²) in [7, 11) is 0. The molecule has 142 valence electrons. The topological polar surface area (TPSA) is 37.6 Å². The van der Waals surface area contributed by atoms with Crippen LogP contribution in [0.1, 0.15) is 30.4 Å². The lowest BCUT2D eigenvalue weighted by atomic mass is 10.1. The highest BCUT2D eigenvalue weighted by molar-refractivity contribution is 5.85. The molecule has 2 heterocycles. The van der Waals surface area contributed by atoms with Crippen molar-refractivity contribution in [3.05, 3.63) is 59.8 Å². The van der Waals surface area contributed by atoms with Gasteiger partial charge in [0, 0.05) is 30.2 Å². The van der Waals surface area contributed by atoms with Gasteiger partial charge in [-0.15, -0.1) is 0 Å². The van der Waals surface area contributed by atoms with Gasteiger partial charge in [-0.05, 0) is 74.3 Å². The van der Waals surface area contributed by atoms with Crippen molar-refractivity contribution in [2.24, 2.45) is 0 Å². The molecule has 4 heteroatoms. The van der Waals surface area contributed by atoms with Gasteiger partial charge in [0.1, 0.15) is 18.1 Å². The molecule has 4 nitrogen and oxygen atoms in total. The quantitative estimate of drug-likeness (QED) is 0.696. The Morgan fingerprint density at radius 1 is 1.00 bits per heavy atom. The number of benzene rings is 2. The summed E-state index contributed by atoms with van der Waals surface area (Å²) in [6, 6.07) is 14.0. The van der Waals surface area contributed by atoms with E-state index in [0.717, 1.165) is 36.3 Å². The van der Waals surface area contributed by atoms with Gasteiger partial charge in [0.05, 0.1) is 0 Å². The van der Waals surface area contributed by atoms with Crippen LogP contribution in [-0.2, 0) is 6.54 Å². The fourth-order valence-corrected chi connectivity index (χ4v) is 3.96. The van der Waals surface area contributed by atoms with Gasteiger partial charge in [-0.1, -0.05) is 18.6 Å². The molecule has 0 amide bonds. The van der Waals surface area contributed by atoms with Crippen molar-refractivity contribution in [1.82, 2.24) is 9.47 Å². The van der Waals surface area contributed by atoms with Gasteiger partial charge in [-0.3, -0.25) is 4.90 Å². The first kappa shape index (κ1) is 17.9. The van der Waals surface area contributed by atoms with E-state index in [-0.39, 0.29) is 0 Å². The summed E-state index contributed by atoms with van der Waals surface area (Å²) in [5.41, 5.74) is 3.56. The van der Waals surface area contributed by atoms with Crippen LogP contribution in [0.25, 0.3) is 10.9 Å². The van der Waals surface area contributed by atoms with E-state index in [1.807, 2.05) is 12.1 Å². The van der Waals surface area contributed by atoms with E-state index >= 15 is 0 Å². The summed E-state index contributed by atoms with van der Waals surface area (Å²) in [5, 5.41) is 10.8. The van der Waals surface area contributed by atoms with Crippen LogP contribution in [-0.4, -0.2) is 40.8 Å². The highest BCUT2D eigenvalue weighted by atomic mass is 16.5. The van der Waals surface area contributed by atoms with Crippen molar-refractivity contribution in [2.75, 3.05) is 26.2 Å². The number of ether oxygens (including phenoxy) is 1. The average molecular weight is 364 g/mol. The lowest BCUT2D eigenvalue weighted by Crippen LogP contribution is -2.33. The maximum absolute atomic E-state index is 9.71. The van der Waals surface area contributed by atoms with Crippen LogP contribution < -0.4 is 4.74 Å². The van der Waals surface area contributed by atoms with E-state index in [1.54, 1.807) is 6.07 Å². The zero-order valence-electron chi connectivity index (χ0n) is 16.0. The Bertz CT molecular complexity index is 893. The number of phenolic OH excluding ortho intramolecular Hbond substituents is 1. The molecule has 1 aliphatic rings. The highest BCUT2D eigenvalue weighted by Gasteiger charge is 2.10. The number of rotatable bonds is 6. The Morgan fingerprint density at radius 3 is 2.56 bits per heavy atom. The molecule has 0 bridgehead atoms. The van der Waals surface area contributed by atoms with Gasteiger partial charge in [-0.25, -0.2) is 0 Å². The van der Waals surface area contributed by atoms with E-state index in [9.17, 15) is 5.11 Å². The fraction of sp³-hybridized carbons (Fsp3) is 0.391. The minimum atomic E-state index is 0.314. The Kier molecular flexibility index (Phi) is 5.35. The van der Waals surface area contributed by atoms with Crippen LogP contribution in [0.2, 0.25) is 0 Å². The normalized spacial score (nSPS) is 15.3. The second-order valence-electron chi connectivity index (χ2n) is 7.54. The molecule has 1 N–H and O–H groups in total. The van der Waals surface area contributed by atoms with Crippen molar-refractivity contribution in [3.8, 4) is 11.5 Å². The lowest BCUT2D eigenvalue weighted by molar-refractivity contribution is 0.183. The molecule has 0 saturated carbocycles. The standard InChI is InChI=1S/C23H28N2O2/c1-18-16-25(23-10-7-20(26)15-22(18)23)17-19-5-8-21(9-6-19)27-14-13-24-11-3-2-4-12-24/h5-10,15-16,26H,2-4,11-14,17H2,1H3. The molecule has 2 aromatic carbocycles. The van der Waals surface area contributed by atoms with E-state index in [4.69, 9.17) is 4.74 Å². The number of fused-ring (bicyclic) bond motifs is 1. The molecule has 4 rings (SSSR count). The average Bonchev–Trinajstić information content (AvgIpc) is 2.99. The lowest BCUT2D eigenvalue weighted by Gasteiger charge is -2.26. The van der Waals surface area contributed by atoms with Gasteiger partial charge in [0.2, 0.25) is 0 Å². The number of piperidine rings is 1. The SMILES string of the molecule is Cc1cn(Cc2ccc(OCCN3CCCCC3)cc2)c2ccc(O)cc12. The van der Waals surface area contributed by atoms with Crippen LogP contribution in [0.3, 0.4) is 0 Å². The van der Waals surface area contributed by atoms with Crippen LogP contribution in [0, 0.1) is 6.92 Å². The summed E-state index contributed by atoms with van der Waals surface area (Å²) in [6.07, 6.45) is 6.16. The molecule has 1 aromatic heterocycles. The maximum atomic E-state index is 9.71. The first-order valence-electron chi connectivity index (χ1n) is 9.91. The third kappa shape index (κ3) is 4.28. The van der Waals surface area contributed by atoms with Crippen molar-refractivity contribution in [2.45, 2.75) is 32.7 Å². The fourth-order valence-electron chi connectivity index (χ4n) is 3.96. The summed E-state index contributed by atoms with van der Waals surface area (Å²) in [4.78, 5) is 2.50. The summed E-state index contributed by atoms with van der Waals surface area (Å²) >= 11 is 0. The molecule has 0 spiro atoms. The Morgan fingerprint density at radius 2 is 1.78 bits per heavy atom. The summed E-state index contributed by atoms with van der Waals surface area (Å²) in [5.74, 6) is 1.25.